The van der Waals surface area contributed by atoms with Gasteiger partial charge < -0.3 is 5.73 Å². The molecule has 15 heavy (non-hydrogen) atoms. The highest BCUT2D eigenvalue weighted by atomic mass is 32.1. The zero-order chi connectivity index (χ0) is 10.8. The molecule has 1 atom stereocenters. The second kappa shape index (κ2) is 4.04. The van der Waals surface area contributed by atoms with Crippen molar-refractivity contribution in [2.24, 2.45) is 5.73 Å². The normalized spacial score (nSPS) is 12.7. The quantitative estimate of drug-likeness (QED) is 0.854. The minimum Gasteiger partial charge on any atom is -0.319 e. The maximum atomic E-state index is 12.9. The Kier molecular flexibility index (Phi) is 2.75. The highest BCUT2D eigenvalue weighted by molar-refractivity contribution is 7.07. The van der Waals surface area contributed by atoms with Gasteiger partial charge in [-0.1, -0.05) is 6.07 Å². The summed E-state index contributed by atoms with van der Waals surface area (Å²) >= 11 is 1.41. The van der Waals surface area contributed by atoms with Gasteiger partial charge in [0.1, 0.15) is 0 Å². The van der Waals surface area contributed by atoms with E-state index < -0.39 is 17.7 Å². The number of benzene rings is 1. The molecular weight excluding hydrogens is 218 g/mol. The Balaban J connectivity index is 2.34. The van der Waals surface area contributed by atoms with Gasteiger partial charge in [-0.2, -0.15) is 0 Å². The molecular formula is C10H8F2N2S. The van der Waals surface area contributed by atoms with E-state index in [4.69, 9.17) is 5.73 Å². The summed E-state index contributed by atoms with van der Waals surface area (Å²) in [4.78, 5) is 4.02. The molecule has 0 aliphatic heterocycles. The van der Waals surface area contributed by atoms with E-state index in [0.717, 1.165) is 12.1 Å². The van der Waals surface area contributed by atoms with Gasteiger partial charge in [-0.3, -0.25) is 0 Å². The van der Waals surface area contributed by atoms with Crippen molar-refractivity contribution in [3.8, 4) is 0 Å². The predicted octanol–water partition coefficient (Wildman–Crippen LogP) is 2.47. The first-order chi connectivity index (χ1) is 7.18. The molecule has 0 aliphatic rings. The fourth-order valence-electron chi connectivity index (χ4n) is 1.25. The van der Waals surface area contributed by atoms with Crippen molar-refractivity contribution >= 4 is 11.3 Å². The molecule has 1 unspecified atom stereocenters. The van der Waals surface area contributed by atoms with Crippen LogP contribution in [0.4, 0.5) is 8.78 Å². The molecule has 2 nitrogen and oxygen atoms in total. The first kappa shape index (κ1) is 10.2. The standard InChI is InChI=1S/C10H8F2N2S/c11-7-2-1-6(3-8(7)12)10(13)9-4-15-5-14-9/h1-5,10H,13H2. The van der Waals surface area contributed by atoms with Gasteiger partial charge in [0, 0.05) is 5.38 Å². The molecule has 5 heteroatoms. The molecule has 78 valence electrons. The molecule has 2 rings (SSSR count). The van der Waals surface area contributed by atoms with Crippen LogP contribution in [0.2, 0.25) is 0 Å². The van der Waals surface area contributed by atoms with Crippen LogP contribution in [-0.2, 0) is 0 Å². The zero-order valence-electron chi connectivity index (χ0n) is 7.65. The molecule has 0 fully saturated rings. The molecule has 0 radical (unpaired) electrons. The van der Waals surface area contributed by atoms with Crippen LogP contribution in [0.5, 0.6) is 0 Å². The number of hydrogen-bond donors (Lipinski definition) is 1. The van der Waals surface area contributed by atoms with Crippen LogP contribution in [0.15, 0.2) is 29.1 Å². The summed E-state index contributed by atoms with van der Waals surface area (Å²) < 4.78 is 25.6. The summed E-state index contributed by atoms with van der Waals surface area (Å²) in [6.45, 7) is 0. The van der Waals surface area contributed by atoms with Gasteiger partial charge in [0.2, 0.25) is 0 Å². The Morgan fingerprint density at radius 1 is 1.27 bits per heavy atom. The molecule has 1 aromatic carbocycles. The summed E-state index contributed by atoms with van der Waals surface area (Å²) in [5, 5.41) is 1.78. The van der Waals surface area contributed by atoms with Crippen molar-refractivity contribution < 1.29 is 8.78 Å². The van der Waals surface area contributed by atoms with Crippen molar-refractivity contribution in [1.82, 2.24) is 4.98 Å². The van der Waals surface area contributed by atoms with E-state index in [1.807, 2.05) is 0 Å². The van der Waals surface area contributed by atoms with Gasteiger partial charge in [-0.25, -0.2) is 13.8 Å². The number of nitrogens with two attached hydrogens (primary N) is 1. The number of rotatable bonds is 2. The minimum absolute atomic E-state index is 0.508. The van der Waals surface area contributed by atoms with Crippen molar-refractivity contribution in [1.29, 1.82) is 0 Å². The predicted molar refractivity (Wildman–Crippen MR) is 54.5 cm³/mol. The summed E-state index contributed by atoms with van der Waals surface area (Å²) in [6, 6.07) is 3.12. The molecule has 0 aliphatic carbocycles. The monoisotopic (exact) mass is 226 g/mol. The third-order valence-electron chi connectivity index (χ3n) is 2.07. The van der Waals surface area contributed by atoms with E-state index in [2.05, 4.69) is 4.98 Å². The second-order valence-corrected chi connectivity index (χ2v) is 3.78. The lowest BCUT2D eigenvalue weighted by Gasteiger charge is -2.09. The first-order valence-corrected chi connectivity index (χ1v) is 5.21. The highest BCUT2D eigenvalue weighted by Crippen LogP contribution is 2.20. The van der Waals surface area contributed by atoms with E-state index in [-0.39, 0.29) is 0 Å². The van der Waals surface area contributed by atoms with E-state index in [9.17, 15) is 8.78 Å². The highest BCUT2D eigenvalue weighted by Gasteiger charge is 2.12. The van der Waals surface area contributed by atoms with Crippen molar-refractivity contribution in [3.63, 3.8) is 0 Å². The topological polar surface area (TPSA) is 38.9 Å². The lowest BCUT2D eigenvalue weighted by Crippen LogP contribution is -2.12. The Morgan fingerprint density at radius 2 is 2.07 bits per heavy atom. The average molecular weight is 226 g/mol. The van der Waals surface area contributed by atoms with Crippen LogP contribution in [-0.4, -0.2) is 4.98 Å². The van der Waals surface area contributed by atoms with E-state index in [1.165, 1.54) is 17.4 Å². The van der Waals surface area contributed by atoms with Crippen LogP contribution in [0, 0.1) is 11.6 Å². The Hall–Kier alpha value is -1.33. The molecule has 2 N–H and O–H groups in total. The third kappa shape index (κ3) is 2.03. The van der Waals surface area contributed by atoms with Gasteiger partial charge in [-0.15, -0.1) is 11.3 Å². The van der Waals surface area contributed by atoms with Crippen LogP contribution in [0.3, 0.4) is 0 Å². The average Bonchev–Trinajstić information content (AvgIpc) is 2.74. The number of hydrogen-bond acceptors (Lipinski definition) is 3. The van der Waals surface area contributed by atoms with Crippen LogP contribution in [0.1, 0.15) is 17.3 Å². The minimum atomic E-state index is -0.891. The largest absolute Gasteiger partial charge is 0.319 e. The lowest BCUT2D eigenvalue weighted by atomic mass is 10.1. The van der Waals surface area contributed by atoms with Crippen molar-refractivity contribution in [3.05, 3.63) is 52.0 Å². The second-order valence-electron chi connectivity index (χ2n) is 3.06. The smallest absolute Gasteiger partial charge is 0.159 e. The van der Waals surface area contributed by atoms with Crippen molar-refractivity contribution in [2.75, 3.05) is 0 Å². The molecule has 0 saturated heterocycles. The van der Waals surface area contributed by atoms with Gasteiger partial charge in [0.25, 0.3) is 0 Å². The zero-order valence-corrected chi connectivity index (χ0v) is 8.47. The third-order valence-corrected chi connectivity index (χ3v) is 2.68. The van der Waals surface area contributed by atoms with Crippen molar-refractivity contribution in [2.45, 2.75) is 6.04 Å². The molecule has 1 heterocycles. The summed E-state index contributed by atoms with van der Waals surface area (Å²) in [7, 11) is 0. The summed E-state index contributed by atoms with van der Waals surface area (Å²) in [5.74, 6) is -1.76. The first-order valence-electron chi connectivity index (χ1n) is 4.27. The van der Waals surface area contributed by atoms with Crippen LogP contribution >= 0.6 is 11.3 Å². The number of thiazole rings is 1. The number of nitrogens with zero attached hydrogens (tertiary/aromatic N) is 1. The number of aromatic nitrogens is 1. The fraction of sp³-hybridized carbons (Fsp3) is 0.100. The molecule has 0 spiro atoms. The number of halogens is 2. The van der Waals surface area contributed by atoms with Gasteiger partial charge in [0.15, 0.2) is 11.6 Å². The van der Waals surface area contributed by atoms with Crippen LogP contribution < -0.4 is 5.73 Å². The molecule has 1 aromatic heterocycles. The Labute approximate surface area is 89.4 Å². The SMILES string of the molecule is NC(c1ccc(F)c(F)c1)c1cscn1. The molecule has 0 saturated carbocycles. The molecule has 0 amide bonds. The fourth-order valence-corrected chi connectivity index (χ4v) is 1.84. The van der Waals surface area contributed by atoms with Gasteiger partial charge in [-0.05, 0) is 17.7 Å². The molecule has 2 aromatic rings. The Morgan fingerprint density at radius 3 is 2.67 bits per heavy atom. The maximum Gasteiger partial charge on any atom is 0.159 e. The summed E-state index contributed by atoms with van der Waals surface area (Å²) in [6.07, 6.45) is 0. The van der Waals surface area contributed by atoms with Gasteiger partial charge in [0.05, 0.1) is 17.2 Å². The van der Waals surface area contributed by atoms with E-state index in [0.29, 0.717) is 11.3 Å². The Bertz CT molecular complexity index is 456. The summed E-state index contributed by atoms with van der Waals surface area (Å²) in [5.41, 5.74) is 8.65. The van der Waals surface area contributed by atoms with Crippen LogP contribution in [0.25, 0.3) is 0 Å². The maximum absolute atomic E-state index is 12.9. The van der Waals surface area contributed by atoms with E-state index >= 15 is 0 Å². The van der Waals surface area contributed by atoms with E-state index in [1.54, 1.807) is 10.9 Å². The van der Waals surface area contributed by atoms with Gasteiger partial charge >= 0.3 is 0 Å². The molecule has 0 bridgehead atoms. The lowest BCUT2D eigenvalue weighted by molar-refractivity contribution is 0.506.